The smallest absolute Gasteiger partial charge is 0.258 e. The molecule has 0 unspecified atom stereocenters. The van der Waals surface area contributed by atoms with Gasteiger partial charge in [-0.2, -0.15) is 0 Å². The van der Waals surface area contributed by atoms with Crippen molar-refractivity contribution in [1.82, 2.24) is 9.55 Å². The molecule has 0 amide bonds. The largest absolute Gasteiger partial charge is 0.507 e. The maximum atomic E-state index is 12.2. The number of phenols is 1. The molecule has 1 aromatic carbocycles. The van der Waals surface area contributed by atoms with Gasteiger partial charge in [-0.15, -0.1) is 0 Å². The zero-order valence-electron chi connectivity index (χ0n) is 13.9. The number of nitrogens with zero attached hydrogens (tertiary/aromatic N) is 3. The number of aromatic nitrogens is 2. The van der Waals surface area contributed by atoms with Gasteiger partial charge in [-0.25, -0.2) is 4.98 Å². The summed E-state index contributed by atoms with van der Waals surface area (Å²) in [6, 6.07) is 5.56. The molecule has 2 rings (SSSR count). The van der Waals surface area contributed by atoms with Gasteiger partial charge in [-0.05, 0) is 38.5 Å². The average molecular weight is 313 g/mol. The summed E-state index contributed by atoms with van der Waals surface area (Å²) in [6.45, 7) is 7.79. The molecule has 1 N–H and O–H groups in total. The van der Waals surface area contributed by atoms with E-state index in [9.17, 15) is 9.90 Å². The highest BCUT2D eigenvalue weighted by Crippen LogP contribution is 2.27. The summed E-state index contributed by atoms with van der Waals surface area (Å²) < 4.78 is 1.41. The second kappa shape index (κ2) is 7.63. The zero-order valence-corrected chi connectivity index (χ0v) is 13.9. The topological polar surface area (TPSA) is 58.4 Å². The maximum absolute atomic E-state index is 12.2. The second-order valence-electron chi connectivity index (χ2n) is 5.43. The van der Waals surface area contributed by atoms with Crippen molar-refractivity contribution in [2.45, 2.75) is 27.2 Å². The summed E-state index contributed by atoms with van der Waals surface area (Å²) in [6.07, 6.45) is 7.37. The van der Waals surface area contributed by atoms with E-state index in [1.807, 2.05) is 12.1 Å². The van der Waals surface area contributed by atoms with Crippen LogP contribution < -0.4 is 4.90 Å². The molecule has 0 atom stereocenters. The van der Waals surface area contributed by atoms with Gasteiger partial charge in [0.05, 0.1) is 0 Å². The Kier molecular flexibility index (Phi) is 5.57. The van der Waals surface area contributed by atoms with Crippen molar-refractivity contribution in [2.75, 3.05) is 18.0 Å². The number of anilines is 1. The first-order valence-corrected chi connectivity index (χ1v) is 7.85. The lowest BCUT2D eigenvalue weighted by atomic mass is 10.1. The normalized spacial score (nSPS) is 11.5. The summed E-state index contributed by atoms with van der Waals surface area (Å²) in [5.74, 6) is 0.0157. The number of benzene rings is 1. The first-order valence-electron chi connectivity index (χ1n) is 7.85. The first-order chi connectivity index (χ1) is 11.1. The van der Waals surface area contributed by atoms with E-state index < -0.39 is 0 Å². The Morgan fingerprint density at radius 1 is 1.39 bits per heavy atom. The van der Waals surface area contributed by atoms with Crippen molar-refractivity contribution in [3.05, 3.63) is 48.1 Å². The summed E-state index contributed by atoms with van der Waals surface area (Å²) in [4.78, 5) is 18.3. The molecule has 0 bridgehead atoms. The predicted octanol–water partition coefficient (Wildman–Crippen LogP) is 3.57. The molecule has 0 spiro atoms. The Balaban J connectivity index is 2.23. The van der Waals surface area contributed by atoms with Crippen LogP contribution in [0.3, 0.4) is 0 Å². The van der Waals surface area contributed by atoms with Crippen LogP contribution >= 0.6 is 0 Å². The molecule has 2 aromatic rings. The minimum atomic E-state index is -0.160. The Bertz CT molecular complexity index is 690. The number of hydrogen-bond acceptors (Lipinski definition) is 4. The number of imidazole rings is 1. The van der Waals surface area contributed by atoms with E-state index in [1.54, 1.807) is 31.5 Å². The van der Waals surface area contributed by atoms with E-state index in [2.05, 4.69) is 23.7 Å². The second-order valence-corrected chi connectivity index (χ2v) is 5.43. The third-order valence-corrected chi connectivity index (χ3v) is 3.70. The summed E-state index contributed by atoms with van der Waals surface area (Å²) >= 11 is 0. The summed E-state index contributed by atoms with van der Waals surface area (Å²) in [5.41, 5.74) is 2.15. The molecule has 1 heterocycles. The van der Waals surface area contributed by atoms with E-state index in [0.717, 1.165) is 25.2 Å². The van der Waals surface area contributed by atoms with Crippen LogP contribution in [0.4, 0.5) is 5.69 Å². The Labute approximate surface area is 136 Å². The fourth-order valence-corrected chi connectivity index (χ4v) is 2.47. The number of carbonyl (C=O) groups excluding carboxylic acids is 1. The van der Waals surface area contributed by atoms with Crippen molar-refractivity contribution in [1.29, 1.82) is 0 Å². The Morgan fingerprint density at radius 3 is 2.74 bits per heavy atom. The molecule has 0 aliphatic rings. The molecule has 0 fully saturated rings. The van der Waals surface area contributed by atoms with Crippen molar-refractivity contribution in [3.63, 3.8) is 0 Å². The predicted molar refractivity (Wildman–Crippen MR) is 92.8 cm³/mol. The van der Waals surface area contributed by atoms with Gasteiger partial charge >= 0.3 is 0 Å². The number of hydrogen-bond donors (Lipinski definition) is 1. The van der Waals surface area contributed by atoms with Gasteiger partial charge in [0.25, 0.3) is 5.91 Å². The van der Waals surface area contributed by atoms with E-state index in [-0.39, 0.29) is 11.7 Å². The molecule has 0 saturated heterocycles. The lowest BCUT2D eigenvalue weighted by Crippen LogP contribution is -2.23. The van der Waals surface area contributed by atoms with Gasteiger partial charge in [-0.1, -0.05) is 6.92 Å². The number of carbonyl (C=O) groups is 1. The van der Waals surface area contributed by atoms with Gasteiger partial charge in [0.1, 0.15) is 12.1 Å². The monoisotopic (exact) mass is 313 g/mol. The highest BCUT2D eigenvalue weighted by Gasteiger charge is 2.10. The van der Waals surface area contributed by atoms with Gasteiger partial charge in [-0.3, -0.25) is 9.36 Å². The van der Waals surface area contributed by atoms with E-state index >= 15 is 0 Å². The van der Waals surface area contributed by atoms with E-state index in [4.69, 9.17) is 0 Å². The SMILES string of the molecule is CCCN(CC)c1ccc(/C=C(\C)C(=O)n2ccnc2)c(O)c1. The average Bonchev–Trinajstić information content (AvgIpc) is 3.08. The molecule has 1 aromatic heterocycles. The van der Waals surface area contributed by atoms with Crippen molar-refractivity contribution in [3.8, 4) is 5.75 Å². The molecule has 23 heavy (non-hydrogen) atoms. The highest BCUT2D eigenvalue weighted by molar-refractivity contribution is 5.99. The van der Waals surface area contributed by atoms with Crippen molar-refractivity contribution < 1.29 is 9.90 Å². The molecule has 0 radical (unpaired) electrons. The van der Waals surface area contributed by atoms with Crippen LogP contribution in [0.2, 0.25) is 0 Å². The van der Waals surface area contributed by atoms with Gasteiger partial charge in [0, 0.05) is 48.4 Å². The van der Waals surface area contributed by atoms with E-state index in [0.29, 0.717) is 11.1 Å². The number of allylic oxidation sites excluding steroid dienone is 1. The van der Waals surface area contributed by atoms with E-state index in [1.165, 1.54) is 10.9 Å². The van der Waals surface area contributed by atoms with Gasteiger partial charge in [0.2, 0.25) is 0 Å². The molecular formula is C18H23N3O2. The fraction of sp³-hybridized carbons (Fsp3) is 0.333. The van der Waals surface area contributed by atoms with Crippen LogP contribution in [-0.4, -0.2) is 33.7 Å². The van der Waals surface area contributed by atoms with Crippen molar-refractivity contribution in [2.24, 2.45) is 0 Å². The number of rotatable bonds is 6. The highest BCUT2D eigenvalue weighted by atomic mass is 16.3. The number of aromatic hydroxyl groups is 1. The summed E-state index contributed by atoms with van der Waals surface area (Å²) in [5, 5.41) is 10.3. The summed E-state index contributed by atoms with van der Waals surface area (Å²) in [7, 11) is 0. The maximum Gasteiger partial charge on any atom is 0.258 e. The molecule has 122 valence electrons. The van der Waals surface area contributed by atoms with Crippen LogP contribution in [0, 0.1) is 0 Å². The fourth-order valence-electron chi connectivity index (χ4n) is 2.47. The van der Waals surface area contributed by atoms with Crippen LogP contribution in [0.25, 0.3) is 6.08 Å². The van der Waals surface area contributed by atoms with Crippen LogP contribution in [-0.2, 0) is 0 Å². The van der Waals surface area contributed by atoms with Gasteiger partial charge in [0.15, 0.2) is 0 Å². The first kappa shape index (κ1) is 16.8. The van der Waals surface area contributed by atoms with Crippen LogP contribution in [0.5, 0.6) is 5.75 Å². The van der Waals surface area contributed by atoms with Crippen molar-refractivity contribution >= 4 is 17.7 Å². The molecular weight excluding hydrogens is 290 g/mol. The minimum absolute atomic E-state index is 0.160. The minimum Gasteiger partial charge on any atom is -0.507 e. The molecule has 5 nitrogen and oxygen atoms in total. The lowest BCUT2D eigenvalue weighted by molar-refractivity contribution is 0.0956. The molecule has 0 aliphatic carbocycles. The quantitative estimate of drug-likeness (QED) is 0.828. The lowest BCUT2D eigenvalue weighted by Gasteiger charge is -2.22. The molecule has 0 saturated carbocycles. The molecule has 5 heteroatoms. The standard InChI is InChI=1S/C18H23N3O2/c1-4-9-20(5-2)16-7-6-15(17(22)12-16)11-14(3)18(23)21-10-8-19-13-21/h6-8,10-13,22H,4-5,9H2,1-3H3/b14-11+. The van der Waals surface area contributed by atoms with Gasteiger partial charge < -0.3 is 10.0 Å². The third-order valence-electron chi connectivity index (χ3n) is 3.70. The van der Waals surface area contributed by atoms with Crippen LogP contribution in [0.1, 0.15) is 37.6 Å². The zero-order chi connectivity index (χ0) is 16.8. The third kappa shape index (κ3) is 4.00. The molecule has 0 aliphatic heterocycles. The Hall–Kier alpha value is -2.56. The Morgan fingerprint density at radius 2 is 2.17 bits per heavy atom. The number of phenolic OH excluding ortho intramolecular Hbond substituents is 1. The van der Waals surface area contributed by atoms with Crippen LogP contribution in [0.15, 0.2) is 42.5 Å².